The molecule has 2 rings (SSSR count). The minimum absolute atomic E-state index is 0.0114. The van der Waals surface area contributed by atoms with E-state index in [4.69, 9.17) is 15.2 Å². The standard InChI is InChI=1S/C12H18F2N2O2/c1-11(2)7-17-8(6-18-11)5-12(14)4-3-9(13)16-10(12)15/h3-4,8,10H,5-7,15H2,1-2H3. The summed E-state index contributed by atoms with van der Waals surface area (Å²) in [6, 6.07) is 0. The number of dihydropyridines is 1. The Kier molecular flexibility index (Phi) is 3.53. The Morgan fingerprint density at radius 1 is 1.56 bits per heavy atom. The van der Waals surface area contributed by atoms with Crippen LogP contribution in [0.5, 0.6) is 0 Å². The van der Waals surface area contributed by atoms with Gasteiger partial charge in [-0.3, -0.25) is 0 Å². The van der Waals surface area contributed by atoms with Gasteiger partial charge < -0.3 is 15.2 Å². The van der Waals surface area contributed by atoms with Crippen molar-refractivity contribution in [1.29, 1.82) is 0 Å². The first-order chi connectivity index (χ1) is 8.31. The zero-order chi connectivity index (χ0) is 13.4. The lowest BCUT2D eigenvalue weighted by Gasteiger charge is -2.38. The normalized spacial score (nSPS) is 39.5. The zero-order valence-electron chi connectivity index (χ0n) is 10.5. The second kappa shape index (κ2) is 4.68. The van der Waals surface area contributed by atoms with Crippen LogP contribution in [0.3, 0.4) is 0 Å². The van der Waals surface area contributed by atoms with Crippen molar-refractivity contribution in [3.8, 4) is 0 Å². The molecule has 2 aliphatic heterocycles. The van der Waals surface area contributed by atoms with Crippen LogP contribution < -0.4 is 5.73 Å². The fraction of sp³-hybridized carbons (Fsp3) is 0.750. The van der Waals surface area contributed by atoms with Gasteiger partial charge in [-0.1, -0.05) is 0 Å². The van der Waals surface area contributed by atoms with Gasteiger partial charge in [0, 0.05) is 6.42 Å². The Morgan fingerprint density at radius 2 is 2.28 bits per heavy atom. The summed E-state index contributed by atoms with van der Waals surface area (Å²) in [6.07, 6.45) is 0.494. The SMILES string of the molecule is CC1(C)COC(CC2(F)C=CC(F)=NC2N)CO1. The lowest BCUT2D eigenvalue weighted by atomic mass is 9.92. The van der Waals surface area contributed by atoms with E-state index >= 15 is 0 Å². The van der Waals surface area contributed by atoms with Crippen LogP contribution in [-0.4, -0.2) is 42.7 Å². The summed E-state index contributed by atoms with van der Waals surface area (Å²) >= 11 is 0. The Morgan fingerprint density at radius 3 is 2.83 bits per heavy atom. The molecule has 3 unspecified atom stereocenters. The summed E-state index contributed by atoms with van der Waals surface area (Å²) < 4.78 is 38.4. The van der Waals surface area contributed by atoms with Crippen molar-refractivity contribution in [3.63, 3.8) is 0 Å². The molecule has 18 heavy (non-hydrogen) atoms. The molecule has 0 saturated carbocycles. The Bertz CT molecular complexity index is 374. The monoisotopic (exact) mass is 260 g/mol. The van der Waals surface area contributed by atoms with E-state index in [9.17, 15) is 8.78 Å². The summed E-state index contributed by atoms with van der Waals surface area (Å²) in [5.41, 5.74) is 3.29. The summed E-state index contributed by atoms with van der Waals surface area (Å²) in [5, 5.41) is 0. The van der Waals surface area contributed by atoms with Gasteiger partial charge in [0.2, 0.25) is 5.97 Å². The van der Waals surface area contributed by atoms with Gasteiger partial charge in [-0.05, 0) is 26.0 Å². The molecule has 102 valence electrons. The van der Waals surface area contributed by atoms with Crippen LogP contribution in [0, 0.1) is 0 Å². The van der Waals surface area contributed by atoms with Crippen LogP contribution in [0.4, 0.5) is 8.78 Å². The average molecular weight is 260 g/mol. The molecule has 0 spiro atoms. The van der Waals surface area contributed by atoms with Crippen LogP contribution in [0.25, 0.3) is 0 Å². The van der Waals surface area contributed by atoms with Crippen molar-refractivity contribution in [3.05, 3.63) is 12.2 Å². The molecule has 1 saturated heterocycles. The molecule has 0 aliphatic carbocycles. The number of nitrogens with zero attached hydrogens (tertiary/aromatic N) is 1. The smallest absolute Gasteiger partial charge is 0.209 e. The maximum atomic E-state index is 14.5. The summed E-state index contributed by atoms with van der Waals surface area (Å²) in [7, 11) is 0. The van der Waals surface area contributed by atoms with E-state index in [0.717, 1.165) is 12.2 Å². The first-order valence-electron chi connectivity index (χ1n) is 5.93. The third-order valence-electron chi connectivity index (χ3n) is 3.12. The van der Waals surface area contributed by atoms with Gasteiger partial charge in [-0.2, -0.15) is 4.39 Å². The highest BCUT2D eigenvalue weighted by Gasteiger charge is 2.41. The first kappa shape index (κ1) is 13.6. The topological polar surface area (TPSA) is 56.8 Å². The molecule has 0 aromatic rings. The Balaban J connectivity index is 1.96. The van der Waals surface area contributed by atoms with Crippen LogP contribution in [0.1, 0.15) is 20.3 Å². The second-order valence-corrected chi connectivity index (χ2v) is 5.36. The summed E-state index contributed by atoms with van der Waals surface area (Å²) in [5.74, 6) is -0.752. The first-order valence-corrected chi connectivity index (χ1v) is 5.93. The third-order valence-corrected chi connectivity index (χ3v) is 3.12. The molecule has 0 aromatic heterocycles. The van der Waals surface area contributed by atoms with Crippen LogP contribution in [0.2, 0.25) is 0 Å². The molecule has 2 aliphatic rings. The van der Waals surface area contributed by atoms with E-state index in [-0.39, 0.29) is 12.0 Å². The predicted molar refractivity (Wildman–Crippen MR) is 63.9 cm³/mol. The maximum Gasteiger partial charge on any atom is 0.209 e. The van der Waals surface area contributed by atoms with E-state index in [1.807, 2.05) is 13.8 Å². The minimum Gasteiger partial charge on any atom is -0.373 e. The Hall–Kier alpha value is -0.850. The van der Waals surface area contributed by atoms with Crippen molar-refractivity contribution in [2.24, 2.45) is 10.7 Å². The number of alkyl halides is 1. The largest absolute Gasteiger partial charge is 0.373 e. The number of nitrogens with two attached hydrogens (primary N) is 1. The predicted octanol–water partition coefficient (Wildman–Crippen LogP) is 1.50. The quantitative estimate of drug-likeness (QED) is 0.818. The number of hydrogen-bond acceptors (Lipinski definition) is 4. The molecular formula is C12H18F2N2O2. The van der Waals surface area contributed by atoms with Crippen molar-refractivity contribution >= 4 is 5.97 Å². The molecule has 6 heteroatoms. The van der Waals surface area contributed by atoms with Crippen molar-refractivity contribution < 1.29 is 18.3 Å². The third kappa shape index (κ3) is 2.93. The van der Waals surface area contributed by atoms with Gasteiger partial charge in [0.25, 0.3) is 0 Å². The minimum atomic E-state index is -1.88. The van der Waals surface area contributed by atoms with Crippen LogP contribution in [-0.2, 0) is 9.47 Å². The van der Waals surface area contributed by atoms with E-state index in [0.29, 0.717) is 13.2 Å². The molecule has 1 fully saturated rings. The molecule has 2 N–H and O–H groups in total. The fourth-order valence-electron chi connectivity index (χ4n) is 1.97. The maximum absolute atomic E-state index is 14.5. The van der Waals surface area contributed by atoms with Crippen molar-refractivity contribution in [1.82, 2.24) is 0 Å². The molecule has 4 nitrogen and oxygen atoms in total. The molecule has 0 amide bonds. The van der Waals surface area contributed by atoms with Gasteiger partial charge >= 0.3 is 0 Å². The van der Waals surface area contributed by atoms with Crippen molar-refractivity contribution in [2.45, 2.75) is 43.8 Å². The van der Waals surface area contributed by atoms with E-state index in [2.05, 4.69) is 4.99 Å². The molecule has 3 atom stereocenters. The highest BCUT2D eigenvalue weighted by Crippen LogP contribution is 2.31. The number of rotatable bonds is 2. The molecule has 0 bridgehead atoms. The molecule has 0 aromatic carbocycles. The number of ether oxygens (including phenoxy) is 2. The summed E-state index contributed by atoms with van der Waals surface area (Å²) in [6.45, 7) is 4.50. The molecule has 2 heterocycles. The lowest BCUT2D eigenvalue weighted by Crippen LogP contribution is -2.50. The molecular weight excluding hydrogens is 242 g/mol. The number of hydrogen-bond donors (Lipinski definition) is 1. The second-order valence-electron chi connectivity index (χ2n) is 5.36. The fourth-order valence-corrected chi connectivity index (χ4v) is 1.97. The van der Waals surface area contributed by atoms with Crippen LogP contribution >= 0.6 is 0 Å². The van der Waals surface area contributed by atoms with Crippen molar-refractivity contribution in [2.75, 3.05) is 13.2 Å². The number of allylic oxidation sites excluding steroid dienone is 1. The molecule has 0 radical (unpaired) electrons. The Labute approximate surface area is 105 Å². The zero-order valence-corrected chi connectivity index (χ0v) is 10.5. The number of halogens is 2. The van der Waals surface area contributed by atoms with E-state index in [1.54, 1.807) is 0 Å². The summed E-state index contributed by atoms with van der Waals surface area (Å²) in [4.78, 5) is 3.40. The van der Waals surface area contributed by atoms with E-state index in [1.165, 1.54) is 0 Å². The van der Waals surface area contributed by atoms with E-state index < -0.39 is 23.9 Å². The van der Waals surface area contributed by atoms with Gasteiger partial charge in [-0.25, -0.2) is 9.38 Å². The highest BCUT2D eigenvalue weighted by molar-refractivity contribution is 5.87. The average Bonchev–Trinajstić information content (AvgIpc) is 2.28. The van der Waals surface area contributed by atoms with Gasteiger partial charge in [0.05, 0.1) is 24.9 Å². The van der Waals surface area contributed by atoms with Gasteiger partial charge in [0.15, 0.2) is 5.67 Å². The van der Waals surface area contributed by atoms with Crippen LogP contribution in [0.15, 0.2) is 17.1 Å². The lowest BCUT2D eigenvalue weighted by molar-refractivity contribution is -0.182. The van der Waals surface area contributed by atoms with Gasteiger partial charge in [-0.15, -0.1) is 0 Å². The van der Waals surface area contributed by atoms with Gasteiger partial charge in [0.1, 0.15) is 6.17 Å². The number of aliphatic imine (C=N–C) groups is 1. The highest BCUT2D eigenvalue weighted by atomic mass is 19.1.